The van der Waals surface area contributed by atoms with E-state index >= 15 is 0 Å². The third-order valence-electron chi connectivity index (χ3n) is 10.7. The molecule has 5 aromatic carbocycles. The van der Waals surface area contributed by atoms with Crippen molar-refractivity contribution in [1.82, 2.24) is 10.2 Å². The van der Waals surface area contributed by atoms with Crippen molar-refractivity contribution in [3.63, 3.8) is 0 Å². The molecule has 1 N–H and O–H groups in total. The quantitative estimate of drug-likeness (QED) is 0.0527. The molecule has 2 heterocycles. The highest BCUT2D eigenvalue weighted by Crippen LogP contribution is 2.35. The third kappa shape index (κ3) is 11.5. The van der Waals surface area contributed by atoms with Crippen molar-refractivity contribution < 1.29 is 52.4 Å². The second-order valence-electron chi connectivity index (χ2n) is 15.6. The van der Waals surface area contributed by atoms with E-state index in [-0.39, 0.29) is 34.1 Å². The number of aryl methyl sites for hydroxylation is 1. The van der Waals surface area contributed by atoms with Gasteiger partial charge in [0.25, 0.3) is 0 Å². The minimum Gasteiger partial charge on any atom is -0.459 e. The molecule has 1 aliphatic rings. The van der Waals surface area contributed by atoms with E-state index in [4.69, 9.17) is 28.4 Å². The molecule has 5 atom stereocenters. The van der Waals surface area contributed by atoms with E-state index in [1.165, 1.54) is 0 Å². The minimum absolute atomic E-state index is 0.0498. The molecule has 0 radical (unpaired) electrons. The highest BCUT2D eigenvalue weighted by molar-refractivity contribution is 5.91. The number of esters is 4. The average molecular weight is 877 g/mol. The molecule has 65 heavy (non-hydrogen) atoms. The van der Waals surface area contributed by atoms with Gasteiger partial charge >= 0.3 is 23.9 Å². The Morgan fingerprint density at radius 3 is 1.69 bits per heavy atom. The minimum atomic E-state index is -1.61. The van der Waals surface area contributed by atoms with Gasteiger partial charge in [-0.3, -0.25) is 5.10 Å². The van der Waals surface area contributed by atoms with E-state index in [1.54, 1.807) is 127 Å². The maximum absolute atomic E-state index is 14.1. The number of H-pyrrole nitrogens is 1. The topological polar surface area (TPSA) is 169 Å². The number of ether oxygens (including phenoxy) is 6. The number of rotatable bonds is 17. The van der Waals surface area contributed by atoms with Crippen molar-refractivity contribution >= 4 is 36.2 Å². The predicted octanol–water partition coefficient (Wildman–Crippen LogP) is 8.67. The van der Waals surface area contributed by atoms with Gasteiger partial charge in [0, 0.05) is 24.1 Å². The van der Waals surface area contributed by atoms with Crippen LogP contribution in [0.4, 0.5) is 0 Å². The fraction of sp³-hybridized carbons (Fsp3) is 0.231. The van der Waals surface area contributed by atoms with Gasteiger partial charge in [-0.15, -0.1) is 5.10 Å². The van der Waals surface area contributed by atoms with Crippen molar-refractivity contribution in [2.75, 3.05) is 6.61 Å². The first-order valence-electron chi connectivity index (χ1n) is 21.2. The third-order valence-corrected chi connectivity index (χ3v) is 10.7. The number of nitrogens with one attached hydrogen (secondary N) is 1. The lowest BCUT2D eigenvalue weighted by atomic mass is 9.95. The van der Waals surface area contributed by atoms with E-state index in [9.17, 15) is 24.0 Å². The Morgan fingerprint density at radius 1 is 0.677 bits per heavy atom. The lowest BCUT2D eigenvalue weighted by molar-refractivity contribution is -0.276. The normalized spacial score (nSPS) is 18.1. The first-order valence-corrected chi connectivity index (χ1v) is 21.2. The molecule has 0 aliphatic carbocycles. The van der Waals surface area contributed by atoms with Crippen LogP contribution in [0, 0.1) is 6.92 Å². The number of hydrogen-bond donors (Lipinski definition) is 1. The number of hydrogen-bond acceptors (Lipinski definition) is 12. The molecule has 13 nitrogen and oxygen atoms in total. The van der Waals surface area contributed by atoms with Crippen LogP contribution < -0.4 is 4.74 Å². The summed E-state index contributed by atoms with van der Waals surface area (Å²) < 4.78 is 37.7. The SMILES string of the molecule is Cc1cc(C=CCC=O)ccc1Cc1c(OC2OC(COC(=O)c3ccccc3)C(OC(=O)c3ccccc3)C(OC(=O)c3ccccc3)C2OC(=O)c2ccccc2)n[nH]c1C(C)C. The summed E-state index contributed by atoms with van der Waals surface area (Å²) >= 11 is 0. The zero-order valence-electron chi connectivity index (χ0n) is 36.0. The average Bonchev–Trinajstić information content (AvgIpc) is 3.73. The zero-order valence-corrected chi connectivity index (χ0v) is 36.0. The summed E-state index contributed by atoms with van der Waals surface area (Å²) in [5.41, 5.74) is 5.02. The van der Waals surface area contributed by atoms with Crippen LogP contribution in [0.1, 0.15) is 95.6 Å². The van der Waals surface area contributed by atoms with E-state index in [0.717, 1.165) is 28.7 Å². The number of benzene rings is 5. The molecule has 6 aromatic rings. The van der Waals surface area contributed by atoms with Crippen molar-refractivity contribution in [2.24, 2.45) is 0 Å². The molecule has 332 valence electrons. The highest BCUT2D eigenvalue weighted by Gasteiger charge is 2.54. The van der Waals surface area contributed by atoms with Crippen molar-refractivity contribution in [1.29, 1.82) is 0 Å². The van der Waals surface area contributed by atoms with Gasteiger partial charge in [0.2, 0.25) is 18.3 Å². The molecular weight excluding hydrogens is 829 g/mol. The molecule has 1 aromatic heterocycles. The monoisotopic (exact) mass is 876 g/mol. The lowest BCUT2D eigenvalue weighted by Gasteiger charge is -2.44. The van der Waals surface area contributed by atoms with Gasteiger partial charge in [0.1, 0.15) is 19.0 Å². The first-order chi connectivity index (χ1) is 31.6. The van der Waals surface area contributed by atoms with Gasteiger partial charge in [-0.1, -0.05) is 117 Å². The van der Waals surface area contributed by atoms with Crippen LogP contribution >= 0.6 is 0 Å². The number of allylic oxidation sites excluding steroid dienone is 1. The summed E-state index contributed by atoms with van der Waals surface area (Å²) in [5.74, 6) is -3.12. The van der Waals surface area contributed by atoms with Gasteiger partial charge < -0.3 is 33.2 Å². The van der Waals surface area contributed by atoms with Gasteiger partial charge in [0.05, 0.1) is 22.3 Å². The molecule has 1 saturated heterocycles. The number of nitrogens with zero attached hydrogens (tertiary/aromatic N) is 1. The number of aldehydes is 1. The van der Waals surface area contributed by atoms with Crippen LogP contribution in [0.3, 0.4) is 0 Å². The highest BCUT2D eigenvalue weighted by atomic mass is 16.7. The van der Waals surface area contributed by atoms with Crippen LogP contribution in [-0.2, 0) is 34.9 Å². The van der Waals surface area contributed by atoms with Crippen molar-refractivity contribution in [2.45, 2.75) is 70.2 Å². The fourth-order valence-corrected chi connectivity index (χ4v) is 7.31. The van der Waals surface area contributed by atoms with E-state index in [1.807, 2.05) is 45.0 Å². The number of carbonyl (C=O) groups is 5. The molecular formula is C52H48N2O11. The summed E-state index contributed by atoms with van der Waals surface area (Å²) in [6.07, 6.45) is -2.57. The van der Waals surface area contributed by atoms with E-state index < -0.39 is 61.2 Å². The molecule has 0 saturated carbocycles. The largest absolute Gasteiger partial charge is 0.459 e. The van der Waals surface area contributed by atoms with Gasteiger partial charge in [-0.2, -0.15) is 0 Å². The number of aromatic amines is 1. The van der Waals surface area contributed by atoms with E-state index in [2.05, 4.69) is 10.2 Å². The van der Waals surface area contributed by atoms with Crippen LogP contribution in [-0.4, -0.2) is 77.7 Å². The molecule has 7 rings (SSSR count). The van der Waals surface area contributed by atoms with Crippen molar-refractivity contribution in [3.05, 3.63) is 196 Å². The molecule has 13 heteroatoms. The second-order valence-corrected chi connectivity index (χ2v) is 15.6. The zero-order chi connectivity index (χ0) is 45.7. The van der Waals surface area contributed by atoms with Gasteiger partial charge in [-0.25, -0.2) is 19.2 Å². The van der Waals surface area contributed by atoms with Crippen LogP contribution in [0.5, 0.6) is 5.88 Å². The molecule has 0 spiro atoms. The van der Waals surface area contributed by atoms with Crippen LogP contribution in [0.2, 0.25) is 0 Å². The van der Waals surface area contributed by atoms with Crippen molar-refractivity contribution in [3.8, 4) is 5.88 Å². The Morgan fingerprint density at radius 2 is 1.18 bits per heavy atom. The smallest absolute Gasteiger partial charge is 0.338 e. The summed E-state index contributed by atoms with van der Waals surface area (Å²) in [4.78, 5) is 66.4. The Kier molecular flexibility index (Phi) is 15.1. The lowest BCUT2D eigenvalue weighted by Crippen LogP contribution is -2.64. The molecule has 0 bridgehead atoms. The number of carbonyl (C=O) groups excluding carboxylic acids is 5. The number of aromatic nitrogens is 2. The van der Waals surface area contributed by atoms with E-state index in [0.29, 0.717) is 18.4 Å². The Hall–Kier alpha value is -7.64. The molecule has 1 fully saturated rings. The summed E-state index contributed by atoms with van der Waals surface area (Å²) in [7, 11) is 0. The maximum atomic E-state index is 14.1. The first kappa shape index (κ1) is 45.4. The fourth-order valence-electron chi connectivity index (χ4n) is 7.31. The standard InChI is InChI=1S/C52H48N2O11/c1-33(2)43-41(31-40-28-27-35(30-34(40)3)18-16-17-29-55)47(54-53-43)65-52-46(64-51(59)39-25-14-7-15-26-39)45(63-50(58)38-23-12-6-13-24-38)44(62-49(57)37-21-10-5-11-22-37)42(61-52)32-60-48(56)36-19-8-4-9-20-36/h4-16,18-30,33,42,44-46,52H,17,31-32H2,1-3H3,(H,53,54). The van der Waals surface area contributed by atoms with Crippen LogP contribution in [0.25, 0.3) is 6.08 Å². The van der Waals surface area contributed by atoms with Gasteiger partial charge in [0.15, 0.2) is 12.2 Å². The second kappa shape index (κ2) is 21.6. The molecule has 5 unspecified atom stereocenters. The Balaban J connectivity index is 1.32. The summed E-state index contributed by atoms with van der Waals surface area (Å²) in [6.45, 7) is 5.46. The summed E-state index contributed by atoms with van der Waals surface area (Å²) in [6, 6.07) is 38.7. The van der Waals surface area contributed by atoms with Crippen LogP contribution in [0.15, 0.2) is 146 Å². The summed E-state index contributed by atoms with van der Waals surface area (Å²) in [5, 5.41) is 7.70. The molecule has 1 aliphatic heterocycles. The maximum Gasteiger partial charge on any atom is 0.338 e. The Labute approximate surface area is 376 Å². The Bertz CT molecular complexity index is 2600. The molecule has 0 amide bonds. The predicted molar refractivity (Wildman–Crippen MR) is 239 cm³/mol. The van der Waals surface area contributed by atoms with Gasteiger partial charge in [-0.05, 0) is 78.1 Å².